The molecule has 0 aliphatic carbocycles. The van der Waals surface area contributed by atoms with Crippen LogP contribution in [0.2, 0.25) is 0 Å². The van der Waals surface area contributed by atoms with Gasteiger partial charge in [0.2, 0.25) is 0 Å². The highest BCUT2D eigenvalue weighted by Crippen LogP contribution is 2.29. The van der Waals surface area contributed by atoms with E-state index >= 15 is 0 Å². The predicted octanol–water partition coefficient (Wildman–Crippen LogP) is 2.90. The zero-order valence-electron chi connectivity index (χ0n) is 7.38. The maximum absolute atomic E-state index is 11.7. The van der Waals surface area contributed by atoms with Crippen LogP contribution in [0.15, 0.2) is 17.0 Å². The third-order valence-electron chi connectivity index (χ3n) is 1.31. The van der Waals surface area contributed by atoms with Gasteiger partial charge in [0.05, 0.1) is 0 Å². The molecule has 0 unspecified atom stereocenters. The van der Waals surface area contributed by atoms with Gasteiger partial charge in [-0.1, -0.05) is 0 Å². The second kappa shape index (κ2) is 5.55. The zero-order valence-corrected chi connectivity index (χ0v) is 9.79. The standard InChI is InChI=1S/C7H7BrF3N3S/c8-5-3-6(14-4-13-5)12-1-2-15-7(9,10)11/h3-4H,1-2H2,(H,12,13,14). The minimum Gasteiger partial charge on any atom is -0.369 e. The number of hydrogen-bond acceptors (Lipinski definition) is 4. The van der Waals surface area contributed by atoms with E-state index in [0.717, 1.165) is 0 Å². The van der Waals surface area contributed by atoms with Crippen molar-refractivity contribution in [2.75, 3.05) is 17.6 Å². The lowest BCUT2D eigenvalue weighted by molar-refractivity contribution is -0.0327. The number of nitrogens with one attached hydrogen (secondary N) is 1. The third kappa shape index (κ3) is 5.83. The van der Waals surface area contributed by atoms with Crippen LogP contribution in [-0.4, -0.2) is 27.8 Å². The van der Waals surface area contributed by atoms with Crippen LogP contribution in [0.4, 0.5) is 19.0 Å². The van der Waals surface area contributed by atoms with Crippen LogP contribution in [-0.2, 0) is 0 Å². The molecule has 0 aliphatic rings. The van der Waals surface area contributed by atoms with Gasteiger partial charge in [-0.2, -0.15) is 13.2 Å². The summed E-state index contributed by atoms with van der Waals surface area (Å²) in [6, 6.07) is 1.60. The predicted molar refractivity (Wildman–Crippen MR) is 56.7 cm³/mol. The summed E-state index contributed by atoms with van der Waals surface area (Å²) in [4.78, 5) is 7.62. The molecule has 0 amide bonds. The Morgan fingerprint density at radius 2 is 2.13 bits per heavy atom. The molecule has 1 aromatic heterocycles. The zero-order chi connectivity index (χ0) is 11.3. The molecule has 1 N–H and O–H groups in total. The van der Waals surface area contributed by atoms with Crippen LogP contribution >= 0.6 is 27.7 Å². The first-order valence-corrected chi connectivity index (χ1v) is 5.67. The number of anilines is 1. The highest BCUT2D eigenvalue weighted by Gasteiger charge is 2.27. The Morgan fingerprint density at radius 1 is 1.40 bits per heavy atom. The van der Waals surface area contributed by atoms with Crippen LogP contribution in [0.1, 0.15) is 0 Å². The fraction of sp³-hybridized carbons (Fsp3) is 0.429. The summed E-state index contributed by atoms with van der Waals surface area (Å²) in [6.45, 7) is 0.202. The molecule has 84 valence electrons. The third-order valence-corrected chi connectivity index (χ3v) is 2.48. The van der Waals surface area contributed by atoms with Gasteiger partial charge in [-0.15, -0.1) is 0 Å². The molecule has 8 heteroatoms. The molecule has 0 radical (unpaired) electrons. The highest BCUT2D eigenvalue weighted by atomic mass is 79.9. The Balaban J connectivity index is 2.26. The van der Waals surface area contributed by atoms with Crippen LogP contribution in [0, 0.1) is 0 Å². The average molecular weight is 302 g/mol. The van der Waals surface area contributed by atoms with Crippen molar-refractivity contribution in [3.8, 4) is 0 Å². The fourth-order valence-corrected chi connectivity index (χ4v) is 1.52. The Labute approximate surface area is 97.0 Å². The van der Waals surface area contributed by atoms with Crippen LogP contribution in [0.25, 0.3) is 0 Å². The molecule has 0 fully saturated rings. The highest BCUT2D eigenvalue weighted by molar-refractivity contribution is 9.10. The summed E-state index contributed by atoms with van der Waals surface area (Å²) in [7, 11) is 0. The van der Waals surface area contributed by atoms with E-state index in [4.69, 9.17) is 0 Å². The van der Waals surface area contributed by atoms with Gasteiger partial charge in [0.15, 0.2) is 0 Å². The largest absolute Gasteiger partial charge is 0.441 e. The van der Waals surface area contributed by atoms with Crippen molar-refractivity contribution in [1.82, 2.24) is 9.97 Å². The fourth-order valence-electron chi connectivity index (χ4n) is 0.776. The number of halogens is 4. The van der Waals surface area contributed by atoms with Crippen LogP contribution < -0.4 is 5.32 Å². The molecule has 0 atom stereocenters. The summed E-state index contributed by atoms with van der Waals surface area (Å²) < 4.78 is 35.8. The Kier molecular flexibility index (Phi) is 4.65. The average Bonchev–Trinajstić information content (AvgIpc) is 2.11. The molecule has 1 heterocycles. The van der Waals surface area contributed by atoms with E-state index in [9.17, 15) is 13.2 Å². The van der Waals surface area contributed by atoms with Crippen molar-refractivity contribution >= 4 is 33.5 Å². The lowest BCUT2D eigenvalue weighted by atomic mass is 10.5. The quantitative estimate of drug-likeness (QED) is 0.685. The molecular weight excluding hydrogens is 295 g/mol. The van der Waals surface area contributed by atoms with Crippen molar-refractivity contribution in [2.45, 2.75) is 5.51 Å². The topological polar surface area (TPSA) is 37.8 Å². The first-order valence-electron chi connectivity index (χ1n) is 3.89. The van der Waals surface area contributed by atoms with Crippen molar-refractivity contribution in [3.63, 3.8) is 0 Å². The maximum Gasteiger partial charge on any atom is 0.441 e. The molecular formula is C7H7BrF3N3S. The van der Waals surface area contributed by atoms with E-state index in [1.165, 1.54) is 6.33 Å². The van der Waals surface area contributed by atoms with Gasteiger partial charge >= 0.3 is 5.51 Å². The van der Waals surface area contributed by atoms with Gasteiger partial charge in [0.1, 0.15) is 16.7 Å². The van der Waals surface area contributed by atoms with E-state index in [1.54, 1.807) is 6.07 Å². The van der Waals surface area contributed by atoms with Crippen molar-refractivity contribution in [2.24, 2.45) is 0 Å². The van der Waals surface area contributed by atoms with Gasteiger partial charge in [0.25, 0.3) is 0 Å². The number of hydrogen-bond donors (Lipinski definition) is 1. The molecule has 3 nitrogen and oxygen atoms in total. The molecule has 0 saturated carbocycles. The summed E-state index contributed by atoms with van der Waals surface area (Å²) >= 11 is 3.07. The number of aromatic nitrogens is 2. The van der Waals surface area contributed by atoms with Gasteiger partial charge in [0, 0.05) is 18.4 Å². The number of nitrogens with zero attached hydrogens (tertiary/aromatic N) is 2. The van der Waals surface area contributed by atoms with E-state index in [2.05, 4.69) is 31.2 Å². The Morgan fingerprint density at radius 3 is 2.73 bits per heavy atom. The monoisotopic (exact) mass is 301 g/mol. The van der Waals surface area contributed by atoms with Crippen molar-refractivity contribution in [1.29, 1.82) is 0 Å². The number of thioether (sulfide) groups is 1. The summed E-state index contributed by atoms with van der Waals surface area (Å²) in [5.41, 5.74) is -4.17. The number of rotatable bonds is 4. The van der Waals surface area contributed by atoms with Crippen LogP contribution in [0.3, 0.4) is 0 Å². The van der Waals surface area contributed by atoms with Gasteiger partial charge < -0.3 is 5.32 Å². The molecule has 0 spiro atoms. The first kappa shape index (κ1) is 12.6. The van der Waals surface area contributed by atoms with Gasteiger partial charge in [-0.25, -0.2) is 9.97 Å². The molecule has 0 aliphatic heterocycles. The van der Waals surface area contributed by atoms with E-state index in [-0.39, 0.29) is 24.1 Å². The van der Waals surface area contributed by atoms with Crippen molar-refractivity contribution < 1.29 is 13.2 Å². The minimum absolute atomic E-state index is 0.0505. The summed E-state index contributed by atoms with van der Waals surface area (Å²) in [5.74, 6) is 0.449. The first-order chi connectivity index (χ1) is 6.97. The smallest absolute Gasteiger partial charge is 0.369 e. The summed E-state index contributed by atoms with van der Waals surface area (Å²) in [5, 5.41) is 2.76. The normalized spacial score (nSPS) is 11.5. The molecule has 1 rings (SSSR count). The second-order valence-corrected chi connectivity index (χ2v) is 4.42. The molecule has 0 saturated heterocycles. The van der Waals surface area contributed by atoms with Gasteiger partial charge in [-0.3, -0.25) is 0 Å². The molecule has 15 heavy (non-hydrogen) atoms. The Bertz CT molecular complexity index is 321. The van der Waals surface area contributed by atoms with Crippen LogP contribution in [0.5, 0.6) is 0 Å². The minimum atomic E-state index is -4.17. The van der Waals surface area contributed by atoms with E-state index in [1.807, 2.05) is 0 Å². The molecule has 0 aromatic carbocycles. The summed E-state index contributed by atoms with van der Waals surface area (Å²) in [6.07, 6.45) is 1.32. The lowest BCUT2D eigenvalue weighted by Crippen LogP contribution is -2.10. The number of alkyl halides is 3. The SMILES string of the molecule is FC(F)(F)SCCNc1cc(Br)ncn1. The van der Waals surface area contributed by atoms with E-state index in [0.29, 0.717) is 10.4 Å². The Hall–Kier alpha value is -0.500. The maximum atomic E-state index is 11.7. The van der Waals surface area contributed by atoms with Gasteiger partial charge in [-0.05, 0) is 27.7 Å². The lowest BCUT2D eigenvalue weighted by Gasteiger charge is -2.07. The molecule has 1 aromatic rings. The van der Waals surface area contributed by atoms with E-state index < -0.39 is 5.51 Å². The molecule has 0 bridgehead atoms. The van der Waals surface area contributed by atoms with Crippen molar-refractivity contribution in [3.05, 3.63) is 17.0 Å². The second-order valence-electron chi connectivity index (χ2n) is 2.45.